The molecule has 118 valence electrons. The number of ether oxygens (including phenoxy) is 1. The molecule has 5 heteroatoms. The van der Waals surface area contributed by atoms with Crippen LogP contribution in [0.5, 0.6) is 0 Å². The van der Waals surface area contributed by atoms with Crippen LogP contribution in [-0.4, -0.2) is 25.1 Å². The Morgan fingerprint density at radius 2 is 1.70 bits per heavy atom. The summed E-state index contributed by atoms with van der Waals surface area (Å²) in [7, 11) is 0. The molecule has 2 aromatic rings. The van der Waals surface area contributed by atoms with Gasteiger partial charge in [-0.15, -0.1) is 23.5 Å². The average molecular weight is 346 g/mol. The third kappa shape index (κ3) is 3.16. The fourth-order valence-electron chi connectivity index (χ4n) is 2.54. The van der Waals surface area contributed by atoms with Crippen molar-refractivity contribution in [2.75, 3.05) is 19.1 Å². The average Bonchev–Trinajstić information content (AvgIpc) is 2.96. The summed E-state index contributed by atoms with van der Waals surface area (Å²) in [4.78, 5) is 13.8. The molecule has 0 fully saturated rings. The summed E-state index contributed by atoms with van der Waals surface area (Å²) in [5.41, 5.74) is 2.75. The quantitative estimate of drug-likeness (QED) is 0.590. The normalized spacial score (nSPS) is 14.3. The van der Waals surface area contributed by atoms with Crippen molar-refractivity contribution in [3.8, 4) is 0 Å². The SMILES string of the molecule is CSc1ccc(C2=C(c3ccc(SC)c(F)c3)COC2=O)cc1. The zero-order valence-electron chi connectivity index (χ0n) is 12.8. The first-order valence-electron chi connectivity index (χ1n) is 7.02. The van der Waals surface area contributed by atoms with Crippen LogP contribution in [-0.2, 0) is 9.53 Å². The molecule has 0 saturated carbocycles. The fraction of sp³-hybridized carbons (Fsp3) is 0.167. The molecule has 0 bridgehead atoms. The summed E-state index contributed by atoms with van der Waals surface area (Å²) in [6.45, 7) is 0.177. The summed E-state index contributed by atoms with van der Waals surface area (Å²) in [6.07, 6.45) is 3.83. The Bertz CT molecular complexity index is 782. The van der Waals surface area contributed by atoms with Crippen LogP contribution in [0.4, 0.5) is 4.39 Å². The lowest BCUT2D eigenvalue weighted by molar-refractivity contribution is -0.133. The number of halogens is 1. The van der Waals surface area contributed by atoms with E-state index >= 15 is 0 Å². The maximum absolute atomic E-state index is 14.1. The number of carbonyl (C=O) groups is 1. The molecule has 0 N–H and O–H groups in total. The fourth-order valence-corrected chi connectivity index (χ4v) is 3.40. The van der Waals surface area contributed by atoms with Crippen LogP contribution in [0.2, 0.25) is 0 Å². The minimum atomic E-state index is -0.355. The van der Waals surface area contributed by atoms with E-state index in [9.17, 15) is 9.18 Å². The number of benzene rings is 2. The number of hydrogen-bond donors (Lipinski definition) is 0. The van der Waals surface area contributed by atoms with E-state index in [-0.39, 0.29) is 18.4 Å². The van der Waals surface area contributed by atoms with Gasteiger partial charge in [0, 0.05) is 15.4 Å². The van der Waals surface area contributed by atoms with Crippen LogP contribution < -0.4 is 0 Å². The molecule has 0 spiro atoms. The largest absolute Gasteiger partial charge is 0.457 e. The van der Waals surface area contributed by atoms with Crippen molar-refractivity contribution in [2.45, 2.75) is 9.79 Å². The van der Waals surface area contributed by atoms with Crippen molar-refractivity contribution < 1.29 is 13.9 Å². The van der Waals surface area contributed by atoms with Gasteiger partial charge in [0.05, 0.1) is 5.57 Å². The molecule has 1 aliphatic heterocycles. The van der Waals surface area contributed by atoms with Gasteiger partial charge in [-0.2, -0.15) is 0 Å². The van der Waals surface area contributed by atoms with Crippen molar-refractivity contribution >= 4 is 40.6 Å². The van der Waals surface area contributed by atoms with Crippen molar-refractivity contribution in [3.63, 3.8) is 0 Å². The molecule has 2 nitrogen and oxygen atoms in total. The van der Waals surface area contributed by atoms with Crippen LogP contribution in [0.15, 0.2) is 52.3 Å². The second kappa shape index (κ2) is 6.81. The lowest BCUT2D eigenvalue weighted by Crippen LogP contribution is -1.98. The van der Waals surface area contributed by atoms with Gasteiger partial charge in [0.25, 0.3) is 0 Å². The molecule has 0 amide bonds. The van der Waals surface area contributed by atoms with Gasteiger partial charge in [-0.1, -0.05) is 18.2 Å². The Balaban J connectivity index is 2.08. The van der Waals surface area contributed by atoms with Gasteiger partial charge in [-0.25, -0.2) is 9.18 Å². The van der Waals surface area contributed by atoms with E-state index < -0.39 is 0 Å². The molecule has 1 heterocycles. The minimum Gasteiger partial charge on any atom is -0.457 e. The Labute approximate surface area is 143 Å². The number of carbonyl (C=O) groups excluding carboxylic acids is 1. The second-order valence-electron chi connectivity index (χ2n) is 5.01. The number of thioether (sulfide) groups is 2. The first-order valence-corrected chi connectivity index (χ1v) is 9.47. The van der Waals surface area contributed by atoms with Crippen molar-refractivity contribution in [1.82, 2.24) is 0 Å². The Morgan fingerprint density at radius 3 is 2.30 bits per heavy atom. The van der Waals surface area contributed by atoms with Gasteiger partial charge in [-0.3, -0.25) is 0 Å². The van der Waals surface area contributed by atoms with E-state index in [2.05, 4.69) is 0 Å². The van der Waals surface area contributed by atoms with Gasteiger partial charge in [0.1, 0.15) is 12.4 Å². The maximum atomic E-state index is 14.1. The number of hydrogen-bond acceptors (Lipinski definition) is 4. The predicted molar refractivity (Wildman–Crippen MR) is 94.2 cm³/mol. The van der Waals surface area contributed by atoms with E-state index in [1.165, 1.54) is 17.8 Å². The molecule has 23 heavy (non-hydrogen) atoms. The first kappa shape index (κ1) is 16.1. The monoisotopic (exact) mass is 346 g/mol. The molecule has 2 aromatic carbocycles. The lowest BCUT2D eigenvalue weighted by Gasteiger charge is -2.07. The molecule has 3 rings (SSSR count). The summed E-state index contributed by atoms with van der Waals surface area (Å²) in [5.74, 6) is -0.634. The van der Waals surface area contributed by atoms with Gasteiger partial charge in [-0.05, 0) is 47.9 Å². The van der Waals surface area contributed by atoms with Crippen molar-refractivity contribution in [1.29, 1.82) is 0 Å². The molecule has 0 saturated heterocycles. The van der Waals surface area contributed by atoms with Crippen molar-refractivity contribution in [2.24, 2.45) is 0 Å². The number of rotatable bonds is 4. The number of cyclic esters (lactones) is 1. The standard InChI is InChI=1S/C18H15FO2S2/c1-22-13-6-3-11(4-7-13)17-14(10-21-18(17)20)12-5-8-16(23-2)15(19)9-12/h3-9H,10H2,1-2H3. The molecular weight excluding hydrogens is 331 g/mol. The van der Waals surface area contributed by atoms with E-state index in [1.54, 1.807) is 17.8 Å². The molecule has 0 aromatic heterocycles. The topological polar surface area (TPSA) is 26.3 Å². The van der Waals surface area contributed by atoms with Crippen LogP contribution in [0.3, 0.4) is 0 Å². The summed E-state index contributed by atoms with van der Waals surface area (Å²) in [6, 6.07) is 12.8. The first-order chi connectivity index (χ1) is 11.1. The van der Waals surface area contributed by atoms with E-state index in [0.29, 0.717) is 16.0 Å². The Kier molecular flexibility index (Phi) is 4.78. The molecule has 0 unspecified atom stereocenters. The van der Waals surface area contributed by atoms with E-state index in [4.69, 9.17) is 4.74 Å². The lowest BCUT2D eigenvalue weighted by atomic mass is 9.97. The van der Waals surface area contributed by atoms with Gasteiger partial charge in [0.2, 0.25) is 0 Å². The summed E-state index contributed by atoms with van der Waals surface area (Å²) in [5, 5.41) is 0. The highest BCUT2D eigenvalue weighted by molar-refractivity contribution is 7.98. The Hall–Kier alpha value is -1.72. The van der Waals surface area contributed by atoms with Gasteiger partial charge >= 0.3 is 5.97 Å². The van der Waals surface area contributed by atoms with Crippen LogP contribution in [0.1, 0.15) is 11.1 Å². The summed E-state index contributed by atoms with van der Waals surface area (Å²) >= 11 is 3.00. The Morgan fingerprint density at radius 1 is 1.00 bits per heavy atom. The van der Waals surface area contributed by atoms with Gasteiger partial charge < -0.3 is 4.74 Å². The number of esters is 1. The molecule has 0 aliphatic carbocycles. The zero-order chi connectivity index (χ0) is 16.4. The maximum Gasteiger partial charge on any atom is 0.339 e. The second-order valence-corrected chi connectivity index (χ2v) is 6.74. The zero-order valence-corrected chi connectivity index (χ0v) is 14.4. The highest BCUT2D eigenvalue weighted by atomic mass is 32.2. The molecular formula is C18H15FO2S2. The highest BCUT2D eigenvalue weighted by Gasteiger charge is 2.27. The van der Waals surface area contributed by atoms with Gasteiger partial charge in [0.15, 0.2) is 0 Å². The van der Waals surface area contributed by atoms with Crippen molar-refractivity contribution in [3.05, 3.63) is 59.4 Å². The molecule has 0 radical (unpaired) electrons. The smallest absolute Gasteiger partial charge is 0.339 e. The molecule has 0 atom stereocenters. The van der Waals surface area contributed by atoms with E-state index in [1.807, 2.05) is 42.8 Å². The third-order valence-electron chi connectivity index (χ3n) is 3.73. The molecule has 1 aliphatic rings. The van der Waals surface area contributed by atoms with Crippen LogP contribution >= 0.6 is 23.5 Å². The summed E-state index contributed by atoms with van der Waals surface area (Å²) < 4.78 is 19.3. The highest BCUT2D eigenvalue weighted by Crippen LogP contribution is 2.34. The van der Waals surface area contributed by atoms with Crippen LogP contribution in [0.25, 0.3) is 11.1 Å². The van der Waals surface area contributed by atoms with Crippen LogP contribution in [0, 0.1) is 5.82 Å². The predicted octanol–water partition coefficient (Wildman–Crippen LogP) is 4.74. The third-order valence-corrected chi connectivity index (χ3v) is 5.25. The minimum absolute atomic E-state index is 0.177. The van der Waals surface area contributed by atoms with E-state index in [0.717, 1.165) is 16.0 Å².